The first-order chi connectivity index (χ1) is 14.1. The lowest BCUT2D eigenvalue weighted by molar-refractivity contribution is -0.130. The molecule has 152 valence electrons. The lowest BCUT2D eigenvalue weighted by Crippen LogP contribution is -2.51. The highest BCUT2D eigenvalue weighted by atomic mass is 32.1. The fourth-order valence-corrected chi connectivity index (χ4v) is 4.01. The zero-order valence-electron chi connectivity index (χ0n) is 16.1. The Balaban J connectivity index is 1.28. The number of nitrogens with one attached hydrogen (secondary N) is 2. The van der Waals surface area contributed by atoms with Crippen molar-refractivity contribution in [1.82, 2.24) is 15.1 Å². The summed E-state index contributed by atoms with van der Waals surface area (Å²) in [6.45, 7) is 2.21. The number of rotatable bonds is 6. The van der Waals surface area contributed by atoms with Crippen LogP contribution in [0.25, 0.3) is 0 Å². The summed E-state index contributed by atoms with van der Waals surface area (Å²) >= 11 is 1.43. The van der Waals surface area contributed by atoms with Gasteiger partial charge < -0.3 is 20.4 Å². The van der Waals surface area contributed by atoms with Crippen LogP contribution in [0.1, 0.15) is 32.9 Å². The molecule has 1 aromatic carbocycles. The zero-order chi connectivity index (χ0) is 20.2. The highest BCUT2D eigenvalue weighted by Gasteiger charge is 2.26. The summed E-state index contributed by atoms with van der Waals surface area (Å²) < 4.78 is 0. The number of carbonyl (C=O) groups excluding carboxylic acids is 3. The fraction of sp³-hybridized carbons (Fsp3) is 0.381. The Kier molecular flexibility index (Phi) is 5.80. The molecule has 1 saturated carbocycles. The lowest BCUT2D eigenvalue weighted by Gasteiger charge is -2.34. The molecule has 1 saturated heterocycles. The predicted octanol–water partition coefficient (Wildman–Crippen LogP) is 2.04. The molecule has 3 amide bonds. The smallest absolute Gasteiger partial charge is 0.264 e. The first-order valence-corrected chi connectivity index (χ1v) is 10.7. The molecule has 2 N–H and O–H groups in total. The van der Waals surface area contributed by atoms with Crippen molar-refractivity contribution in [2.75, 3.05) is 38.0 Å². The number of anilines is 1. The van der Waals surface area contributed by atoms with E-state index in [1.807, 2.05) is 35.7 Å². The van der Waals surface area contributed by atoms with E-state index < -0.39 is 0 Å². The van der Waals surface area contributed by atoms with Crippen molar-refractivity contribution in [3.63, 3.8) is 0 Å². The van der Waals surface area contributed by atoms with Gasteiger partial charge in [-0.25, -0.2) is 0 Å². The van der Waals surface area contributed by atoms with Gasteiger partial charge in [0.15, 0.2) is 0 Å². The van der Waals surface area contributed by atoms with Gasteiger partial charge in [-0.05, 0) is 36.4 Å². The van der Waals surface area contributed by atoms with Gasteiger partial charge >= 0.3 is 0 Å². The second-order valence-electron chi connectivity index (χ2n) is 7.30. The molecule has 7 nitrogen and oxygen atoms in total. The summed E-state index contributed by atoms with van der Waals surface area (Å²) in [5.41, 5.74) is 1.21. The monoisotopic (exact) mass is 412 g/mol. The number of amides is 3. The van der Waals surface area contributed by atoms with Crippen LogP contribution in [-0.2, 0) is 4.79 Å². The third kappa shape index (κ3) is 4.76. The van der Waals surface area contributed by atoms with E-state index in [1.54, 1.807) is 15.9 Å². The van der Waals surface area contributed by atoms with E-state index in [-0.39, 0.29) is 30.3 Å². The van der Waals surface area contributed by atoms with Crippen molar-refractivity contribution in [3.05, 3.63) is 52.2 Å². The van der Waals surface area contributed by atoms with E-state index in [4.69, 9.17) is 0 Å². The van der Waals surface area contributed by atoms with Gasteiger partial charge in [0.1, 0.15) is 0 Å². The van der Waals surface area contributed by atoms with Gasteiger partial charge in [0, 0.05) is 37.9 Å². The second-order valence-corrected chi connectivity index (χ2v) is 8.24. The van der Waals surface area contributed by atoms with E-state index in [9.17, 15) is 14.4 Å². The van der Waals surface area contributed by atoms with Crippen LogP contribution >= 0.6 is 11.3 Å². The molecule has 2 fully saturated rings. The first-order valence-electron chi connectivity index (χ1n) is 9.86. The zero-order valence-corrected chi connectivity index (χ0v) is 16.9. The van der Waals surface area contributed by atoms with E-state index in [0.717, 1.165) is 17.7 Å². The number of hydrogen-bond acceptors (Lipinski definition) is 5. The fourth-order valence-electron chi connectivity index (χ4n) is 3.32. The highest BCUT2D eigenvalue weighted by molar-refractivity contribution is 7.12. The maximum absolute atomic E-state index is 12.6. The third-order valence-electron chi connectivity index (χ3n) is 5.17. The molecule has 1 aliphatic carbocycles. The van der Waals surface area contributed by atoms with Crippen LogP contribution in [-0.4, -0.2) is 66.3 Å². The number of nitrogens with zero attached hydrogens (tertiary/aromatic N) is 2. The Morgan fingerprint density at radius 2 is 1.69 bits per heavy atom. The van der Waals surface area contributed by atoms with E-state index in [2.05, 4.69) is 10.6 Å². The highest BCUT2D eigenvalue weighted by Crippen LogP contribution is 2.21. The summed E-state index contributed by atoms with van der Waals surface area (Å²) in [6.07, 6.45) is 2.06. The third-order valence-corrected chi connectivity index (χ3v) is 6.02. The normalized spacial score (nSPS) is 16.4. The van der Waals surface area contributed by atoms with Crippen molar-refractivity contribution in [3.8, 4) is 0 Å². The number of carbonyl (C=O) groups is 3. The SMILES string of the molecule is O=C(NC1CC1)c1ccccc1NCC(=O)N1CCN(C(=O)c2cccs2)CC1. The molecule has 2 aliphatic rings. The van der Waals surface area contributed by atoms with Gasteiger partial charge in [-0.3, -0.25) is 14.4 Å². The average Bonchev–Trinajstić information content (AvgIpc) is 3.39. The molecule has 4 rings (SSSR count). The van der Waals surface area contributed by atoms with Crippen LogP contribution in [0.5, 0.6) is 0 Å². The largest absolute Gasteiger partial charge is 0.376 e. The van der Waals surface area contributed by atoms with Crippen molar-refractivity contribution < 1.29 is 14.4 Å². The van der Waals surface area contributed by atoms with Gasteiger partial charge in [0.05, 0.1) is 17.0 Å². The number of benzene rings is 1. The van der Waals surface area contributed by atoms with Gasteiger partial charge in [-0.15, -0.1) is 11.3 Å². The first kappa shape index (κ1) is 19.4. The predicted molar refractivity (Wildman–Crippen MR) is 112 cm³/mol. The Labute approximate surface area is 173 Å². The summed E-state index contributed by atoms with van der Waals surface area (Å²) in [7, 11) is 0. The van der Waals surface area contributed by atoms with Gasteiger partial charge in [-0.1, -0.05) is 18.2 Å². The van der Waals surface area contributed by atoms with Gasteiger partial charge in [0.25, 0.3) is 11.8 Å². The molecular formula is C21H24N4O3S. The van der Waals surface area contributed by atoms with Crippen molar-refractivity contribution in [2.45, 2.75) is 18.9 Å². The maximum atomic E-state index is 12.6. The Morgan fingerprint density at radius 1 is 0.966 bits per heavy atom. The quantitative estimate of drug-likeness (QED) is 0.761. The molecule has 0 unspecified atom stereocenters. The van der Waals surface area contributed by atoms with Crippen LogP contribution < -0.4 is 10.6 Å². The van der Waals surface area contributed by atoms with Crippen LogP contribution in [0.15, 0.2) is 41.8 Å². The molecular weight excluding hydrogens is 388 g/mol. The molecule has 2 aromatic rings. The van der Waals surface area contributed by atoms with Crippen LogP contribution in [0, 0.1) is 0 Å². The minimum atomic E-state index is -0.108. The lowest BCUT2D eigenvalue weighted by atomic mass is 10.1. The van der Waals surface area contributed by atoms with Crippen LogP contribution in [0.4, 0.5) is 5.69 Å². The van der Waals surface area contributed by atoms with Gasteiger partial charge in [-0.2, -0.15) is 0 Å². The second kappa shape index (κ2) is 8.65. The number of piperazine rings is 1. The summed E-state index contributed by atoms with van der Waals surface area (Å²) in [6, 6.07) is 11.2. The number of thiophene rings is 1. The van der Waals surface area contributed by atoms with Crippen molar-refractivity contribution in [2.24, 2.45) is 0 Å². The van der Waals surface area contributed by atoms with Crippen molar-refractivity contribution >= 4 is 34.7 Å². The van der Waals surface area contributed by atoms with E-state index in [0.29, 0.717) is 37.4 Å². The summed E-state index contributed by atoms with van der Waals surface area (Å²) in [5, 5.41) is 7.98. The summed E-state index contributed by atoms with van der Waals surface area (Å²) in [5.74, 6) is -0.116. The standard InChI is InChI=1S/C21H24N4O3S/c26-19(24-9-11-25(12-10-24)21(28)18-6-3-13-29-18)14-22-17-5-2-1-4-16(17)20(27)23-15-7-8-15/h1-6,13,15,22H,7-12,14H2,(H,23,27). The molecule has 0 bridgehead atoms. The molecule has 29 heavy (non-hydrogen) atoms. The molecule has 0 atom stereocenters. The molecule has 0 spiro atoms. The Bertz CT molecular complexity index is 887. The number of hydrogen-bond donors (Lipinski definition) is 2. The number of para-hydroxylation sites is 1. The molecule has 0 radical (unpaired) electrons. The minimum Gasteiger partial charge on any atom is -0.376 e. The van der Waals surface area contributed by atoms with E-state index in [1.165, 1.54) is 11.3 Å². The Morgan fingerprint density at radius 3 is 2.38 bits per heavy atom. The minimum absolute atomic E-state index is 0.0285. The molecule has 8 heteroatoms. The topological polar surface area (TPSA) is 81.8 Å². The van der Waals surface area contributed by atoms with Crippen LogP contribution in [0.2, 0.25) is 0 Å². The van der Waals surface area contributed by atoms with Crippen molar-refractivity contribution in [1.29, 1.82) is 0 Å². The Hall–Kier alpha value is -2.87. The van der Waals surface area contributed by atoms with E-state index >= 15 is 0 Å². The average molecular weight is 413 g/mol. The molecule has 1 aliphatic heterocycles. The van der Waals surface area contributed by atoms with Gasteiger partial charge in [0.2, 0.25) is 5.91 Å². The summed E-state index contributed by atoms with van der Waals surface area (Å²) in [4.78, 5) is 41.7. The molecule has 2 heterocycles. The van der Waals surface area contributed by atoms with Crippen LogP contribution in [0.3, 0.4) is 0 Å². The maximum Gasteiger partial charge on any atom is 0.264 e. The molecule has 1 aromatic heterocycles.